The summed E-state index contributed by atoms with van der Waals surface area (Å²) in [6, 6.07) is 11.6. The molecule has 1 aromatic heterocycles. The second-order valence-electron chi connectivity index (χ2n) is 9.83. The van der Waals surface area contributed by atoms with Crippen molar-refractivity contribution in [2.75, 3.05) is 4.90 Å². The van der Waals surface area contributed by atoms with Crippen molar-refractivity contribution >= 4 is 34.3 Å². The highest BCUT2D eigenvalue weighted by Gasteiger charge is 2.67. The van der Waals surface area contributed by atoms with Crippen LogP contribution in [0.25, 0.3) is 10.9 Å². The second-order valence-corrected chi connectivity index (χ2v) is 9.83. The Kier molecular flexibility index (Phi) is 4.73. The number of hydroxylamine groups is 2. The van der Waals surface area contributed by atoms with Crippen molar-refractivity contribution in [3.63, 3.8) is 0 Å². The van der Waals surface area contributed by atoms with Crippen molar-refractivity contribution in [3.8, 4) is 0 Å². The lowest BCUT2D eigenvalue weighted by molar-refractivity contribution is -0.190. The zero-order valence-corrected chi connectivity index (χ0v) is 19.9. The van der Waals surface area contributed by atoms with E-state index in [1.807, 2.05) is 0 Å². The molecule has 4 heterocycles. The number of amides is 1. The normalized spacial score (nSPS) is 27.2. The maximum atomic E-state index is 13.7. The van der Waals surface area contributed by atoms with Crippen LogP contribution in [0.15, 0.2) is 53.3 Å². The number of rotatable bonds is 3. The van der Waals surface area contributed by atoms with Gasteiger partial charge in [0.2, 0.25) is 11.7 Å². The minimum Gasteiger partial charge on any atom is -0.449 e. The lowest BCUT2D eigenvalue weighted by atomic mass is 9.88. The number of benzene rings is 2. The van der Waals surface area contributed by atoms with E-state index in [4.69, 9.17) is 4.74 Å². The molecule has 2 saturated heterocycles. The molecule has 1 amide bonds. The summed E-state index contributed by atoms with van der Waals surface area (Å²) in [5.41, 5.74) is -0.506. The summed E-state index contributed by atoms with van der Waals surface area (Å²) >= 11 is 0. The predicted octanol–water partition coefficient (Wildman–Crippen LogP) is 2.38. The molecule has 0 bridgehead atoms. The molecular weight excluding hydrogens is 464 g/mol. The molecule has 2 fully saturated rings. The minimum absolute atomic E-state index is 0.0701. The van der Waals surface area contributed by atoms with Gasteiger partial charge in [0.25, 0.3) is 5.56 Å². The van der Waals surface area contributed by atoms with Crippen molar-refractivity contribution in [1.82, 2.24) is 14.6 Å². The monoisotopic (exact) mass is 488 g/mol. The van der Waals surface area contributed by atoms with E-state index in [0.717, 1.165) is 9.63 Å². The Hall–Kier alpha value is -3.89. The van der Waals surface area contributed by atoms with Gasteiger partial charge in [-0.25, -0.2) is 9.78 Å². The topological polar surface area (TPSA) is 122 Å². The van der Waals surface area contributed by atoms with Crippen LogP contribution in [0, 0.1) is 5.92 Å². The van der Waals surface area contributed by atoms with Gasteiger partial charge in [0, 0.05) is 17.9 Å². The number of fused-ring (bicyclic) bond motifs is 6. The van der Waals surface area contributed by atoms with Crippen LogP contribution >= 0.6 is 0 Å². The molecule has 0 radical (unpaired) electrons. The quantitative estimate of drug-likeness (QED) is 0.441. The molecule has 36 heavy (non-hydrogen) atoms. The molecule has 1 N–H and O–H groups in total. The van der Waals surface area contributed by atoms with Gasteiger partial charge in [-0.05, 0) is 25.1 Å². The third kappa shape index (κ3) is 2.76. The van der Waals surface area contributed by atoms with Gasteiger partial charge in [-0.2, -0.15) is 5.06 Å². The average molecular weight is 489 g/mol. The van der Waals surface area contributed by atoms with Crippen LogP contribution in [0.4, 0.5) is 5.69 Å². The summed E-state index contributed by atoms with van der Waals surface area (Å²) in [6.07, 6.45) is -1.07. The number of para-hydroxylation sites is 2. The fourth-order valence-corrected chi connectivity index (χ4v) is 5.66. The van der Waals surface area contributed by atoms with Gasteiger partial charge in [-0.15, -0.1) is 0 Å². The van der Waals surface area contributed by atoms with Gasteiger partial charge in [-0.3, -0.25) is 23.9 Å². The summed E-state index contributed by atoms with van der Waals surface area (Å²) < 4.78 is 7.15. The van der Waals surface area contributed by atoms with Crippen molar-refractivity contribution in [2.45, 2.75) is 51.0 Å². The van der Waals surface area contributed by atoms with E-state index in [1.165, 1.54) is 4.90 Å². The minimum atomic E-state index is -1.43. The summed E-state index contributed by atoms with van der Waals surface area (Å²) in [5, 5.41) is 12.1. The van der Waals surface area contributed by atoms with E-state index in [1.54, 1.807) is 69.3 Å². The molecule has 3 aliphatic rings. The fraction of sp³-hybridized carbons (Fsp3) is 0.346. The van der Waals surface area contributed by atoms with Crippen molar-refractivity contribution < 1.29 is 24.3 Å². The van der Waals surface area contributed by atoms with Gasteiger partial charge in [0.15, 0.2) is 17.6 Å². The third-order valence-electron chi connectivity index (χ3n) is 7.44. The number of nitrogens with zero attached hydrogens (tertiary/aromatic N) is 4. The van der Waals surface area contributed by atoms with E-state index >= 15 is 0 Å². The third-order valence-corrected chi connectivity index (χ3v) is 7.44. The van der Waals surface area contributed by atoms with Crippen LogP contribution in [0.3, 0.4) is 0 Å². The lowest BCUT2D eigenvalue weighted by Crippen LogP contribution is -2.50. The number of ketones is 1. The highest BCUT2D eigenvalue weighted by molar-refractivity contribution is 6.03. The Morgan fingerprint density at radius 3 is 2.56 bits per heavy atom. The lowest BCUT2D eigenvalue weighted by Gasteiger charge is -2.33. The predicted molar refractivity (Wildman–Crippen MR) is 127 cm³/mol. The first-order valence-electron chi connectivity index (χ1n) is 11.9. The number of esters is 1. The first kappa shape index (κ1) is 22.6. The van der Waals surface area contributed by atoms with Crippen molar-refractivity contribution in [3.05, 3.63) is 70.3 Å². The molecule has 0 unspecified atom stereocenters. The van der Waals surface area contributed by atoms with E-state index in [9.17, 15) is 24.4 Å². The maximum absolute atomic E-state index is 13.7. The molecule has 6 rings (SSSR count). The fourth-order valence-electron chi connectivity index (χ4n) is 5.66. The second kappa shape index (κ2) is 7.55. The zero-order valence-electron chi connectivity index (χ0n) is 19.9. The van der Waals surface area contributed by atoms with Gasteiger partial charge in [-0.1, -0.05) is 44.2 Å². The number of ether oxygens (including phenoxy) is 1. The molecule has 2 aromatic carbocycles. The average Bonchev–Trinajstić information content (AvgIpc) is 3.43. The zero-order chi connectivity index (χ0) is 25.5. The largest absolute Gasteiger partial charge is 0.449 e. The number of carbonyl (C=O) groups is 3. The van der Waals surface area contributed by atoms with Gasteiger partial charge < -0.3 is 9.94 Å². The summed E-state index contributed by atoms with van der Waals surface area (Å²) in [7, 11) is 0. The van der Waals surface area contributed by atoms with Gasteiger partial charge >= 0.3 is 5.97 Å². The van der Waals surface area contributed by atoms with Crippen molar-refractivity contribution in [1.29, 1.82) is 0 Å². The van der Waals surface area contributed by atoms with Crippen molar-refractivity contribution in [2.24, 2.45) is 5.92 Å². The standard InChI is InChI=1S/C26H24N4O6/c1-13(2)20(31)21-27-17-10-6-4-8-15(17)23(33)28(21)19-12-26(36-24(19)34)16-9-5-7-11-18(16)29-22(32)14(3)30(35)25(26)29/h4-11,13-14,19,25,35H,12H2,1-3H3/t14-,19+,25-,26-/m1/s1. The van der Waals surface area contributed by atoms with Crippen LogP contribution < -0.4 is 10.5 Å². The molecular formula is C26H24N4O6. The highest BCUT2D eigenvalue weighted by atomic mass is 16.6. The molecule has 10 nitrogen and oxygen atoms in total. The van der Waals surface area contributed by atoms with E-state index in [-0.39, 0.29) is 29.3 Å². The smallest absolute Gasteiger partial charge is 0.330 e. The Bertz CT molecular complexity index is 1530. The summed E-state index contributed by atoms with van der Waals surface area (Å²) in [5.74, 6) is -2.03. The van der Waals surface area contributed by atoms with Gasteiger partial charge in [0.05, 0.1) is 16.6 Å². The summed E-state index contributed by atoms with van der Waals surface area (Å²) in [4.78, 5) is 59.3. The van der Waals surface area contributed by atoms with Gasteiger partial charge in [0.1, 0.15) is 12.1 Å². The maximum Gasteiger partial charge on any atom is 0.330 e. The van der Waals surface area contributed by atoms with E-state index in [0.29, 0.717) is 16.8 Å². The first-order chi connectivity index (χ1) is 17.2. The van der Waals surface area contributed by atoms with Crippen LogP contribution in [-0.4, -0.2) is 49.7 Å². The van der Waals surface area contributed by atoms with Crippen LogP contribution in [0.5, 0.6) is 0 Å². The molecule has 10 heteroatoms. The molecule has 0 aliphatic carbocycles. The molecule has 0 saturated carbocycles. The molecule has 184 valence electrons. The SMILES string of the molecule is CC(C)C(=O)c1nc2ccccc2c(=O)n1[C@H]1C[C@@]2(OC1=O)c1ccccc1N1C(=O)[C@@H](C)N(O)[C@@H]12. The van der Waals surface area contributed by atoms with Crippen LogP contribution in [0.1, 0.15) is 49.4 Å². The Balaban J connectivity index is 1.56. The highest BCUT2D eigenvalue weighted by Crippen LogP contribution is 2.56. The number of anilines is 1. The van der Waals surface area contributed by atoms with Crippen LogP contribution in [-0.2, 0) is 19.9 Å². The summed E-state index contributed by atoms with van der Waals surface area (Å²) in [6.45, 7) is 4.97. The number of carbonyl (C=O) groups excluding carboxylic acids is 3. The Morgan fingerprint density at radius 1 is 1.11 bits per heavy atom. The number of aromatic nitrogens is 2. The van der Waals surface area contributed by atoms with E-state index in [2.05, 4.69) is 4.98 Å². The molecule has 3 aromatic rings. The molecule has 1 spiro atoms. The molecule has 3 aliphatic heterocycles. The Labute approximate surface area is 205 Å². The number of hydrogen-bond acceptors (Lipinski definition) is 8. The van der Waals surface area contributed by atoms with Crippen LogP contribution in [0.2, 0.25) is 0 Å². The number of Topliss-reactive ketones (excluding diaryl/α,β-unsaturated/α-hetero) is 1. The molecule has 4 atom stereocenters. The van der Waals surface area contributed by atoms with E-state index < -0.39 is 41.3 Å². The number of hydrogen-bond donors (Lipinski definition) is 1. The Morgan fingerprint density at radius 2 is 1.81 bits per heavy atom. The first-order valence-corrected chi connectivity index (χ1v) is 11.9.